The fraction of sp³-hybridized carbons (Fsp3) is 0.667. The van der Waals surface area contributed by atoms with Gasteiger partial charge >= 0.3 is 0 Å². The number of aryl methyl sites for hydroxylation is 1. The summed E-state index contributed by atoms with van der Waals surface area (Å²) in [4.78, 5) is 0. The lowest BCUT2D eigenvalue weighted by Gasteiger charge is -2.28. The van der Waals surface area contributed by atoms with Crippen LogP contribution in [0.15, 0.2) is 12.1 Å². The van der Waals surface area contributed by atoms with E-state index in [1.165, 1.54) is 0 Å². The van der Waals surface area contributed by atoms with E-state index in [4.69, 9.17) is 10.5 Å². The van der Waals surface area contributed by atoms with E-state index in [0.29, 0.717) is 13.0 Å². The van der Waals surface area contributed by atoms with Gasteiger partial charge in [0.2, 0.25) is 0 Å². The van der Waals surface area contributed by atoms with E-state index in [-0.39, 0.29) is 11.5 Å². The molecule has 0 saturated carbocycles. The maximum atomic E-state index is 10.7. The van der Waals surface area contributed by atoms with Crippen molar-refractivity contribution in [3.05, 3.63) is 28.8 Å². The highest BCUT2D eigenvalue weighted by molar-refractivity contribution is 5.49. The van der Waals surface area contributed by atoms with Crippen molar-refractivity contribution in [3.8, 4) is 5.75 Å². The summed E-state index contributed by atoms with van der Waals surface area (Å²) in [7, 11) is 1.88. The summed E-state index contributed by atoms with van der Waals surface area (Å²) in [6.45, 7) is 11.8. The molecule has 126 valence electrons. The van der Waals surface area contributed by atoms with Gasteiger partial charge in [-0.1, -0.05) is 32.4 Å². The lowest BCUT2D eigenvalue weighted by molar-refractivity contribution is 0.137. The van der Waals surface area contributed by atoms with Crippen molar-refractivity contribution in [1.82, 2.24) is 5.32 Å². The summed E-state index contributed by atoms with van der Waals surface area (Å²) in [5.74, 6) is 0.785. The largest absolute Gasteiger partial charge is 0.493 e. The van der Waals surface area contributed by atoms with Crippen LogP contribution >= 0.6 is 0 Å². The zero-order valence-corrected chi connectivity index (χ0v) is 14.9. The van der Waals surface area contributed by atoms with Gasteiger partial charge in [-0.3, -0.25) is 0 Å². The van der Waals surface area contributed by atoms with Crippen LogP contribution in [0, 0.1) is 6.92 Å². The second-order valence-corrected chi connectivity index (χ2v) is 6.91. The second kappa shape index (κ2) is 7.95. The number of nitrogens with two attached hydrogens (primary N) is 1. The minimum Gasteiger partial charge on any atom is -0.493 e. The number of nitrogens with one attached hydrogen (secondary N) is 1. The van der Waals surface area contributed by atoms with Crippen LogP contribution in [0.25, 0.3) is 0 Å². The molecular weight excluding hydrogens is 276 g/mol. The summed E-state index contributed by atoms with van der Waals surface area (Å²) in [6, 6.07) is 3.81. The molecule has 0 aliphatic heterocycles. The molecule has 0 aromatic heterocycles. The molecule has 2 atom stereocenters. The average molecular weight is 308 g/mol. The smallest absolute Gasteiger partial charge is 0.128 e. The van der Waals surface area contributed by atoms with Crippen molar-refractivity contribution in [2.24, 2.45) is 5.73 Å². The number of hydrogen-bond donors (Lipinski definition) is 3. The summed E-state index contributed by atoms with van der Waals surface area (Å²) in [5.41, 5.74) is 9.14. The molecule has 0 heterocycles. The molecule has 1 aromatic rings. The first kappa shape index (κ1) is 18.9. The van der Waals surface area contributed by atoms with Gasteiger partial charge in [-0.25, -0.2) is 0 Å². The summed E-state index contributed by atoms with van der Waals surface area (Å²) in [5, 5.41) is 13.8. The predicted octanol–water partition coefficient (Wildman–Crippen LogP) is 2.66. The zero-order valence-electron chi connectivity index (χ0n) is 14.9. The van der Waals surface area contributed by atoms with E-state index in [1.54, 1.807) is 0 Å². The molecule has 1 rings (SSSR count). The van der Waals surface area contributed by atoms with Crippen LogP contribution in [0.3, 0.4) is 0 Å². The van der Waals surface area contributed by atoms with Gasteiger partial charge < -0.3 is 20.9 Å². The van der Waals surface area contributed by atoms with Crippen LogP contribution in [0.1, 0.15) is 56.9 Å². The molecule has 4 N–H and O–H groups in total. The Bertz CT molecular complexity index is 481. The van der Waals surface area contributed by atoms with Gasteiger partial charge in [-0.2, -0.15) is 0 Å². The Hall–Kier alpha value is -1.10. The molecule has 1 aromatic carbocycles. The molecule has 0 aliphatic rings. The van der Waals surface area contributed by atoms with Crippen LogP contribution in [-0.2, 0) is 5.41 Å². The van der Waals surface area contributed by atoms with Gasteiger partial charge in [0.1, 0.15) is 5.75 Å². The van der Waals surface area contributed by atoms with Crippen LogP contribution in [0.4, 0.5) is 0 Å². The zero-order chi connectivity index (χ0) is 16.9. The third kappa shape index (κ3) is 4.70. The normalized spacial score (nSPS) is 14.7. The van der Waals surface area contributed by atoms with E-state index in [0.717, 1.165) is 29.0 Å². The minimum absolute atomic E-state index is 0.0555. The first-order valence-electron chi connectivity index (χ1n) is 8.08. The monoisotopic (exact) mass is 308 g/mol. The third-order valence-corrected chi connectivity index (χ3v) is 3.81. The molecule has 4 heteroatoms. The fourth-order valence-corrected chi connectivity index (χ4v) is 2.58. The van der Waals surface area contributed by atoms with Gasteiger partial charge in [0, 0.05) is 17.2 Å². The van der Waals surface area contributed by atoms with Crippen molar-refractivity contribution >= 4 is 0 Å². The maximum Gasteiger partial charge on any atom is 0.128 e. The van der Waals surface area contributed by atoms with E-state index >= 15 is 0 Å². The highest BCUT2D eigenvalue weighted by atomic mass is 16.5. The van der Waals surface area contributed by atoms with E-state index < -0.39 is 6.10 Å². The van der Waals surface area contributed by atoms with E-state index in [2.05, 4.69) is 32.2 Å². The Kier molecular flexibility index (Phi) is 6.85. The van der Waals surface area contributed by atoms with E-state index in [1.807, 2.05) is 27.0 Å². The number of aliphatic hydroxyl groups is 1. The van der Waals surface area contributed by atoms with Crippen LogP contribution in [0.5, 0.6) is 5.75 Å². The molecule has 2 unspecified atom stereocenters. The average Bonchev–Trinajstić information content (AvgIpc) is 2.44. The number of ether oxygens (including phenoxy) is 1. The molecule has 0 amide bonds. The standard InChI is InChI=1S/C18H32N2O2/c1-7-22-17-13(16(21)15(19)8-9-20-6)10-12(2)11-14(17)18(3,4)5/h10-11,15-16,20-21H,7-9,19H2,1-6H3. The van der Waals surface area contributed by atoms with Crippen molar-refractivity contribution < 1.29 is 9.84 Å². The lowest BCUT2D eigenvalue weighted by atomic mass is 9.82. The number of hydrogen-bond acceptors (Lipinski definition) is 4. The SMILES string of the molecule is CCOc1c(C(O)C(N)CCNC)cc(C)cc1C(C)(C)C. The van der Waals surface area contributed by atoms with Crippen LogP contribution in [0.2, 0.25) is 0 Å². The second-order valence-electron chi connectivity index (χ2n) is 6.91. The van der Waals surface area contributed by atoms with Gasteiger partial charge in [0.25, 0.3) is 0 Å². The Morgan fingerprint density at radius 3 is 2.45 bits per heavy atom. The van der Waals surface area contributed by atoms with Crippen LogP contribution in [-0.4, -0.2) is 31.3 Å². The molecule has 0 bridgehead atoms. The molecule has 0 saturated heterocycles. The van der Waals surface area contributed by atoms with Crippen molar-refractivity contribution in [2.75, 3.05) is 20.2 Å². The third-order valence-electron chi connectivity index (χ3n) is 3.81. The summed E-state index contributed by atoms with van der Waals surface area (Å²) < 4.78 is 5.89. The topological polar surface area (TPSA) is 67.5 Å². The van der Waals surface area contributed by atoms with Crippen molar-refractivity contribution in [3.63, 3.8) is 0 Å². The Labute approximate surface area is 135 Å². The summed E-state index contributed by atoms with van der Waals surface area (Å²) >= 11 is 0. The Morgan fingerprint density at radius 2 is 1.95 bits per heavy atom. The van der Waals surface area contributed by atoms with Crippen molar-refractivity contribution in [2.45, 2.75) is 58.6 Å². The fourth-order valence-electron chi connectivity index (χ4n) is 2.58. The minimum atomic E-state index is -0.726. The molecule has 0 aliphatic carbocycles. The first-order valence-corrected chi connectivity index (χ1v) is 8.08. The number of aliphatic hydroxyl groups excluding tert-OH is 1. The van der Waals surface area contributed by atoms with Crippen molar-refractivity contribution in [1.29, 1.82) is 0 Å². The first-order chi connectivity index (χ1) is 10.2. The molecule has 22 heavy (non-hydrogen) atoms. The molecule has 0 fully saturated rings. The highest BCUT2D eigenvalue weighted by Crippen LogP contribution is 2.38. The predicted molar refractivity (Wildman–Crippen MR) is 92.5 cm³/mol. The number of benzene rings is 1. The van der Waals surface area contributed by atoms with Crippen LogP contribution < -0.4 is 15.8 Å². The van der Waals surface area contributed by atoms with Gasteiger partial charge in [-0.05, 0) is 45.3 Å². The van der Waals surface area contributed by atoms with E-state index in [9.17, 15) is 5.11 Å². The Balaban J connectivity index is 3.30. The quantitative estimate of drug-likeness (QED) is 0.724. The van der Waals surface area contributed by atoms with Gasteiger partial charge in [0.15, 0.2) is 0 Å². The van der Waals surface area contributed by atoms with Gasteiger partial charge in [0.05, 0.1) is 12.7 Å². The maximum absolute atomic E-state index is 10.7. The van der Waals surface area contributed by atoms with Gasteiger partial charge in [-0.15, -0.1) is 0 Å². The molecular formula is C18H32N2O2. The molecule has 0 radical (unpaired) electrons. The molecule has 4 nitrogen and oxygen atoms in total. The summed E-state index contributed by atoms with van der Waals surface area (Å²) in [6.07, 6.45) is -0.0157. The Morgan fingerprint density at radius 1 is 1.32 bits per heavy atom. The lowest BCUT2D eigenvalue weighted by Crippen LogP contribution is -2.32. The molecule has 0 spiro atoms. The highest BCUT2D eigenvalue weighted by Gasteiger charge is 2.27. The number of rotatable bonds is 7.